The molecule has 0 bridgehead atoms. The van der Waals surface area contributed by atoms with Gasteiger partial charge in [0.25, 0.3) is 0 Å². The summed E-state index contributed by atoms with van der Waals surface area (Å²) in [5.41, 5.74) is 5.19. The summed E-state index contributed by atoms with van der Waals surface area (Å²) in [5.74, 6) is 0.773. The number of thioether (sulfide) groups is 1. The van der Waals surface area contributed by atoms with Crippen molar-refractivity contribution >= 4 is 17.7 Å². The van der Waals surface area contributed by atoms with Gasteiger partial charge in [0.1, 0.15) is 0 Å². The Morgan fingerprint density at radius 3 is 2.50 bits per heavy atom. The van der Waals surface area contributed by atoms with Gasteiger partial charge in [-0.3, -0.25) is 4.79 Å². The summed E-state index contributed by atoms with van der Waals surface area (Å²) in [6.07, 6.45) is 0.827. The van der Waals surface area contributed by atoms with Gasteiger partial charge in [-0.25, -0.2) is 0 Å². The Bertz CT molecular complexity index is 139. The molecule has 0 saturated heterocycles. The molecule has 0 fully saturated rings. The smallest absolute Gasteiger partial charge is 0.230 e. The van der Waals surface area contributed by atoms with Gasteiger partial charge in [-0.15, -0.1) is 11.8 Å². The van der Waals surface area contributed by atoms with Gasteiger partial charge in [0.2, 0.25) is 5.91 Å². The Morgan fingerprint density at radius 2 is 2.17 bits per heavy atom. The number of carbonyl (C=O) groups is 1. The van der Waals surface area contributed by atoms with E-state index in [0.29, 0.717) is 0 Å². The first-order valence-electron chi connectivity index (χ1n) is 4.13. The topological polar surface area (TPSA) is 46.3 Å². The lowest BCUT2D eigenvalue weighted by atomic mass is 10.3. The molecule has 0 spiro atoms. The van der Waals surface area contributed by atoms with Crippen LogP contribution in [0.1, 0.15) is 13.3 Å². The van der Waals surface area contributed by atoms with Crippen molar-refractivity contribution in [2.24, 2.45) is 5.73 Å². The number of amides is 1. The molecule has 0 saturated carbocycles. The first-order valence-corrected chi connectivity index (χ1v) is 5.18. The monoisotopic (exact) mass is 190 g/mol. The van der Waals surface area contributed by atoms with E-state index in [1.807, 2.05) is 21.0 Å². The third-order valence-electron chi connectivity index (χ3n) is 1.55. The van der Waals surface area contributed by atoms with Crippen molar-refractivity contribution in [3.8, 4) is 0 Å². The van der Waals surface area contributed by atoms with Crippen LogP contribution in [0.15, 0.2) is 0 Å². The zero-order valence-corrected chi connectivity index (χ0v) is 8.86. The van der Waals surface area contributed by atoms with Crippen LogP contribution in [0, 0.1) is 0 Å². The molecule has 0 radical (unpaired) electrons. The van der Waals surface area contributed by atoms with Gasteiger partial charge in [0.15, 0.2) is 0 Å². The molecule has 0 aliphatic heterocycles. The highest BCUT2D eigenvalue weighted by Gasteiger charge is 2.12. The van der Waals surface area contributed by atoms with E-state index in [-0.39, 0.29) is 11.2 Å². The van der Waals surface area contributed by atoms with E-state index in [0.717, 1.165) is 18.7 Å². The molecular formula is C8H18N2OS. The van der Waals surface area contributed by atoms with Gasteiger partial charge in [-0.1, -0.05) is 6.92 Å². The molecule has 12 heavy (non-hydrogen) atoms. The number of nitrogens with zero attached hydrogens (tertiary/aromatic N) is 1. The third kappa shape index (κ3) is 5.43. The molecule has 0 aliphatic rings. The van der Waals surface area contributed by atoms with Crippen LogP contribution in [0.4, 0.5) is 0 Å². The highest BCUT2D eigenvalue weighted by atomic mass is 32.2. The summed E-state index contributed by atoms with van der Waals surface area (Å²) in [6, 6.07) is 0. The van der Waals surface area contributed by atoms with E-state index < -0.39 is 0 Å². The van der Waals surface area contributed by atoms with E-state index in [1.165, 1.54) is 0 Å². The Labute approximate surface area is 78.7 Å². The molecule has 2 N–H and O–H groups in total. The van der Waals surface area contributed by atoms with Crippen LogP contribution < -0.4 is 5.73 Å². The quantitative estimate of drug-likeness (QED) is 0.665. The van der Waals surface area contributed by atoms with Gasteiger partial charge < -0.3 is 10.6 Å². The summed E-state index contributed by atoms with van der Waals surface area (Å²) in [6.45, 7) is 2.98. The zero-order valence-electron chi connectivity index (χ0n) is 8.04. The lowest BCUT2D eigenvalue weighted by Crippen LogP contribution is -2.26. The number of carbonyl (C=O) groups excluding carboxylic acids is 1. The van der Waals surface area contributed by atoms with E-state index in [4.69, 9.17) is 5.73 Å². The van der Waals surface area contributed by atoms with Crippen LogP contribution in [-0.2, 0) is 4.79 Å². The molecule has 72 valence electrons. The number of hydrogen-bond acceptors (Lipinski definition) is 3. The Hall–Kier alpha value is -0.220. The number of primary amides is 1. The largest absolute Gasteiger partial charge is 0.369 e. The molecule has 0 aromatic heterocycles. The minimum absolute atomic E-state index is 0.00931. The van der Waals surface area contributed by atoms with Gasteiger partial charge >= 0.3 is 0 Å². The highest BCUT2D eigenvalue weighted by molar-refractivity contribution is 8.00. The molecule has 3 nitrogen and oxygen atoms in total. The summed E-state index contributed by atoms with van der Waals surface area (Å²) in [4.78, 5) is 12.9. The van der Waals surface area contributed by atoms with Crippen LogP contribution in [0.25, 0.3) is 0 Å². The fraction of sp³-hybridized carbons (Fsp3) is 0.875. The first-order chi connectivity index (χ1) is 5.57. The minimum Gasteiger partial charge on any atom is -0.369 e. The molecule has 0 rings (SSSR count). The van der Waals surface area contributed by atoms with E-state index in [2.05, 4.69) is 4.90 Å². The van der Waals surface area contributed by atoms with Crippen molar-refractivity contribution in [3.63, 3.8) is 0 Å². The van der Waals surface area contributed by atoms with Crippen LogP contribution in [0.5, 0.6) is 0 Å². The maximum atomic E-state index is 10.8. The van der Waals surface area contributed by atoms with Gasteiger partial charge in [0.05, 0.1) is 5.25 Å². The molecule has 0 aromatic carbocycles. The number of nitrogens with two attached hydrogens (primary N) is 1. The zero-order chi connectivity index (χ0) is 9.56. The fourth-order valence-corrected chi connectivity index (χ4v) is 1.93. The number of rotatable bonds is 6. The van der Waals surface area contributed by atoms with Gasteiger partial charge in [-0.05, 0) is 20.5 Å². The molecule has 0 aromatic rings. The maximum Gasteiger partial charge on any atom is 0.230 e. The van der Waals surface area contributed by atoms with Crippen molar-refractivity contribution < 1.29 is 4.79 Å². The van der Waals surface area contributed by atoms with Crippen molar-refractivity contribution in [2.45, 2.75) is 18.6 Å². The molecule has 1 unspecified atom stereocenters. The average Bonchev–Trinajstić information content (AvgIpc) is 1.96. The first kappa shape index (κ1) is 11.8. The highest BCUT2D eigenvalue weighted by Crippen LogP contribution is 2.13. The summed E-state index contributed by atoms with van der Waals surface area (Å²) in [7, 11) is 4.04. The Kier molecular flexibility index (Phi) is 6.20. The van der Waals surface area contributed by atoms with Crippen molar-refractivity contribution in [3.05, 3.63) is 0 Å². The van der Waals surface area contributed by atoms with Crippen molar-refractivity contribution in [1.29, 1.82) is 0 Å². The second kappa shape index (κ2) is 6.31. The lowest BCUT2D eigenvalue weighted by Gasteiger charge is -2.12. The predicted molar refractivity (Wildman–Crippen MR) is 54.3 cm³/mol. The molecule has 1 atom stereocenters. The average molecular weight is 190 g/mol. The van der Waals surface area contributed by atoms with Crippen LogP contribution in [-0.4, -0.2) is 42.4 Å². The van der Waals surface area contributed by atoms with Crippen LogP contribution in [0.3, 0.4) is 0 Å². The fourth-order valence-electron chi connectivity index (χ4n) is 0.779. The Morgan fingerprint density at radius 1 is 1.58 bits per heavy atom. The predicted octanol–water partition coefficient (Wildman–Crippen LogP) is 0.545. The van der Waals surface area contributed by atoms with Crippen LogP contribution >= 0.6 is 11.8 Å². The second-order valence-corrected chi connectivity index (χ2v) is 4.28. The molecular weight excluding hydrogens is 172 g/mol. The minimum atomic E-state index is -0.193. The normalized spacial score (nSPS) is 13.3. The standard InChI is InChI=1S/C8H18N2OS/c1-4-7(8(9)11)12-6-5-10(2)3/h7H,4-6H2,1-3H3,(H2,9,11). The SMILES string of the molecule is CCC(SCCN(C)C)C(N)=O. The number of hydrogen-bond donors (Lipinski definition) is 1. The van der Waals surface area contributed by atoms with E-state index in [1.54, 1.807) is 11.8 Å². The summed E-state index contributed by atoms with van der Waals surface area (Å²) < 4.78 is 0. The molecule has 0 heterocycles. The third-order valence-corrected chi connectivity index (χ3v) is 2.93. The molecule has 4 heteroatoms. The van der Waals surface area contributed by atoms with Gasteiger partial charge in [0, 0.05) is 12.3 Å². The molecule has 1 amide bonds. The Balaban J connectivity index is 3.52. The summed E-state index contributed by atoms with van der Waals surface area (Å²) in [5, 5.41) is -0.00931. The van der Waals surface area contributed by atoms with Gasteiger partial charge in [-0.2, -0.15) is 0 Å². The van der Waals surface area contributed by atoms with Crippen molar-refractivity contribution in [2.75, 3.05) is 26.4 Å². The molecule has 0 aliphatic carbocycles. The van der Waals surface area contributed by atoms with Crippen molar-refractivity contribution in [1.82, 2.24) is 4.90 Å². The summed E-state index contributed by atoms with van der Waals surface area (Å²) >= 11 is 1.64. The second-order valence-electron chi connectivity index (χ2n) is 2.97. The lowest BCUT2D eigenvalue weighted by molar-refractivity contribution is -0.117. The maximum absolute atomic E-state index is 10.8. The van der Waals surface area contributed by atoms with E-state index >= 15 is 0 Å². The van der Waals surface area contributed by atoms with E-state index in [9.17, 15) is 4.79 Å². The van der Waals surface area contributed by atoms with Crippen LogP contribution in [0.2, 0.25) is 0 Å².